The topological polar surface area (TPSA) is 39.2 Å². The molecule has 0 bridgehead atoms. The molecule has 0 amide bonds. The van der Waals surface area contributed by atoms with Gasteiger partial charge in [0.1, 0.15) is 0 Å². The van der Waals surface area contributed by atoms with Crippen LogP contribution in [0.3, 0.4) is 0 Å². The minimum absolute atomic E-state index is 0.157. The summed E-state index contributed by atoms with van der Waals surface area (Å²) in [6, 6.07) is 9.74. The van der Waals surface area contributed by atoms with E-state index in [1.54, 1.807) is 13.3 Å². The summed E-state index contributed by atoms with van der Waals surface area (Å²) >= 11 is 0. The summed E-state index contributed by atoms with van der Waals surface area (Å²) in [5, 5.41) is 1.01. The number of fused-ring (bicyclic) bond motifs is 1. The maximum absolute atomic E-state index is 12.0. The molecule has 0 saturated heterocycles. The van der Waals surface area contributed by atoms with Crippen molar-refractivity contribution < 1.29 is 9.53 Å². The normalized spacial score (nSPS) is 10.7. The number of benzene rings is 1. The Labute approximate surface area is 107 Å². The SMILES string of the molecule is COCCCCC(=O)c1cnc2ccccc2c1. The molecule has 3 nitrogen and oxygen atoms in total. The highest BCUT2D eigenvalue weighted by molar-refractivity contribution is 5.98. The zero-order valence-corrected chi connectivity index (χ0v) is 10.6. The zero-order chi connectivity index (χ0) is 12.8. The lowest BCUT2D eigenvalue weighted by Gasteiger charge is -2.03. The average molecular weight is 243 g/mol. The third-order valence-corrected chi connectivity index (χ3v) is 2.91. The van der Waals surface area contributed by atoms with Gasteiger partial charge in [-0.05, 0) is 25.0 Å². The lowest BCUT2D eigenvalue weighted by Crippen LogP contribution is -2.01. The van der Waals surface area contributed by atoms with Crippen molar-refractivity contribution in [3.8, 4) is 0 Å². The Morgan fingerprint density at radius 2 is 2.11 bits per heavy atom. The Morgan fingerprint density at radius 3 is 2.94 bits per heavy atom. The molecule has 1 aromatic heterocycles. The molecule has 3 heteroatoms. The van der Waals surface area contributed by atoms with E-state index in [9.17, 15) is 4.79 Å². The molecule has 0 N–H and O–H groups in total. The van der Waals surface area contributed by atoms with Gasteiger partial charge in [-0.2, -0.15) is 0 Å². The number of nitrogens with zero attached hydrogens (tertiary/aromatic N) is 1. The van der Waals surface area contributed by atoms with Crippen LogP contribution in [0.25, 0.3) is 10.9 Å². The number of carbonyl (C=O) groups excluding carboxylic acids is 1. The number of unbranched alkanes of at least 4 members (excludes halogenated alkanes) is 1. The van der Waals surface area contributed by atoms with Crippen molar-refractivity contribution in [1.82, 2.24) is 4.98 Å². The molecule has 2 rings (SSSR count). The Hall–Kier alpha value is -1.74. The smallest absolute Gasteiger partial charge is 0.164 e. The van der Waals surface area contributed by atoms with Gasteiger partial charge in [0.2, 0.25) is 0 Å². The largest absolute Gasteiger partial charge is 0.385 e. The molecule has 0 unspecified atom stereocenters. The highest BCUT2D eigenvalue weighted by Crippen LogP contribution is 2.14. The van der Waals surface area contributed by atoms with Crippen LogP contribution in [0.15, 0.2) is 36.5 Å². The molecule has 0 saturated carbocycles. The van der Waals surface area contributed by atoms with Gasteiger partial charge in [-0.1, -0.05) is 18.2 Å². The molecule has 0 atom stereocenters. The fourth-order valence-corrected chi connectivity index (χ4v) is 1.90. The van der Waals surface area contributed by atoms with Crippen LogP contribution in [0.5, 0.6) is 0 Å². The van der Waals surface area contributed by atoms with E-state index in [0.717, 1.165) is 23.7 Å². The molecule has 0 radical (unpaired) electrons. The first-order valence-corrected chi connectivity index (χ1v) is 6.18. The van der Waals surface area contributed by atoms with Crippen molar-refractivity contribution >= 4 is 16.7 Å². The third-order valence-electron chi connectivity index (χ3n) is 2.91. The number of methoxy groups -OCH3 is 1. The van der Waals surface area contributed by atoms with Gasteiger partial charge in [-0.15, -0.1) is 0 Å². The van der Waals surface area contributed by atoms with Gasteiger partial charge in [-0.3, -0.25) is 9.78 Å². The fraction of sp³-hybridized carbons (Fsp3) is 0.333. The number of para-hydroxylation sites is 1. The Balaban J connectivity index is 2.04. The maximum atomic E-state index is 12.0. The van der Waals surface area contributed by atoms with E-state index in [2.05, 4.69) is 4.98 Å². The molecule has 18 heavy (non-hydrogen) atoms. The number of hydrogen-bond acceptors (Lipinski definition) is 3. The van der Waals surface area contributed by atoms with Crippen LogP contribution in [0.2, 0.25) is 0 Å². The average Bonchev–Trinajstić information content (AvgIpc) is 2.43. The second-order valence-electron chi connectivity index (χ2n) is 4.29. The number of pyridine rings is 1. The van der Waals surface area contributed by atoms with E-state index < -0.39 is 0 Å². The Kier molecular flexibility index (Phi) is 4.42. The van der Waals surface area contributed by atoms with Gasteiger partial charge >= 0.3 is 0 Å². The molecule has 0 aliphatic carbocycles. The van der Waals surface area contributed by atoms with Crippen molar-refractivity contribution in [3.63, 3.8) is 0 Å². The minimum atomic E-state index is 0.157. The quantitative estimate of drug-likeness (QED) is 0.577. The van der Waals surface area contributed by atoms with Crippen LogP contribution < -0.4 is 0 Å². The van der Waals surface area contributed by atoms with E-state index in [0.29, 0.717) is 18.6 Å². The predicted octanol–water partition coefficient (Wildman–Crippen LogP) is 3.23. The fourth-order valence-electron chi connectivity index (χ4n) is 1.90. The highest BCUT2D eigenvalue weighted by atomic mass is 16.5. The first-order chi connectivity index (χ1) is 8.81. The molecule has 2 aromatic rings. The summed E-state index contributed by atoms with van der Waals surface area (Å²) in [5.41, 5.74) is 1.62. The van der Waals surface area contributed by atoms with Gasteiger partial charge in [0.25, 0.3) is 0 Å². The Bertz CT molecular complexity index is 537. The summed E-state index contributed by atoms with van der Waals surface area (Å²) < 4.78 is 4.96. The van der Waals surface area contributed by atoms with E-state index in [1.165, 1.54) is 0 Å². The van der Waals surface area contributed by atoms with Gasteiger partial charge in [0.05, 0.1) is 5.52 Å². The van der Waals surface area contributed by atoms with Crippen molar-refractivity contribution in [2.24, 2.45) is 0 Å². The van der Waals surface area contributed by atoms with Crippen LogP contribution in [0.4, 0.5) is 0 Å². The van der Waals surface area contributed by atoms with Crippen molar-refractivity contribution in [2.75, 3.05) is 13.7 Å². The van der Waals surface area contributed by atoms with Gasteiger partial charge in [-0.25, -0.2) is 0 Å². The summed E-state index contributed by atoms with van der Waals surface area (Å²) in [6.45, 7) is 0.712. The molecule has 0 spiro atoms. The highest BCUT2D eigenvalue weighted by Gasteiger charge is 2.06. The molecular formula is C15H17NO2. The molecule has 0 aliphatic heterocycles. The summed E-state index contributed by atoms with van der Waals surface area (Å²) in [7, 11) is 1.68. The molecule has 1 heterocycles. The molecule has 1 aromatic carbocycles. The molecule has 0 aliphatic rings. The van der Waals surface area contributed by atoms with Gasteiger partial charge < -0.3 is 4.74 Å². The number of ketones is 1. The maximum Gasteiger partial charge on any atom is 0.164 e. The van der Waals surface area contributed by atoms with E-state index in [1.807, 2.05) is 30.3 Å². The molecule has 0 fully saturated rings. The number of hydrogen-bond donors (Lipinski definition) is 0. The molecular weight excluding hydrogens is 226 g/mol. The van der Waals surface area contributed by atoms with Crippen molar-refractivity contribution in [3.05, 3.63) is 42.1 Å². The van der Waals surface area contributed by atoms with Crippen LogP contribution in [0.1, 0.15) is 29.6 Å². The third kappa shape index (κ3) is 3.14. The number of carbonyl (C=O) groups is 1. The number of ether oxygens (including phenoxy) is 1. The second-order valence-corrected chi connectivity index (χ2v) is 4.29. The van der Waals surface area contributed by atoms with Crippen molar-refractivity contribution in [1.29, 1.82) is 0 Å². The molecule has 94 valence electrons. The summed E-state index contributed by atoms with van der Waals surface area (Å²) in [6.07, 6.45) is 4.01. The monoisotopic (exact) mass is 243 g/mol. The van der Waals surface area contributed by atoms with Gasteiger partial charge in [0, 0.05) is 37.3 Å². The predicted molar refractivity (Wildman–Crippen MR) is 71.8 cm³/mol. The first-order valence-electron chi connectivity index (χ1n) is 6.18. The van der Waals surface area contributed by atoms with Crippen molar-refractivity contribution in [2.45, 2.75) is 19.3 Å². The standard InChI is InChI=1S/C15H17NO2/c1-18-9-5-4-8-15(17)13-10-12-6-2-3-7-14(12)16-11-13/h2-3,6-7,10-11H,4-5,8-9H2,1H3. The number of rotatable bonds is 6. The van der Waals surface area contributed by atoms with E-state index in [4.69, 9.17) is 4.74 Å². The summed E-state index contributed by atoms with van der Waals surface area (Å²) in [4.78, 5) is 16.3. The van der Waals surface area contributed by atoms with E-state index in [-0.39, 0.29) is 5.78 Å². The lowest BCUT2D eigenvalue weighted by atomic mass is 10.1. The first kappa shape index (κ1) is 12.7. The number of aromatic nitrogens is 1. The van der Waals surface area contributed by atoms with Crippen LogP contribution >= 0.6 is 0 Å². The van der Waals surface area contributed by atoms with Crippen LogP contribution in [-0.4, -0.2) is 24.5 Å². The second kappa shape index (κ2) is 6.26. The van der Waals surface area contributed by atoms with Gasteiger partial charge in [0.15, 0.2) is 5.78 Å². The number of Topliss-reactive ketones (excluding diaryl/α,β-unsaturated/α-hetero) is 1. The summed E-state index contributed by atoms with van der Waals surface area (Å²) in [5.74, 6) is 0.157. The van der Waals surface area contributed by atoms with Crippen LogP contribution in [-0.2, 0) is 4.74 Å². The Morgan fingerprint density at radius 1 is 1.28 bits per heavy atom. The van der Waals surface area contributed by atoms with E-state index >= 15 is 0 Å². The minimum Gasteiger partial charge on any atom is -0.385 e. The lowest BCUT2D eigenvalue weighted by molar-refractivity contribution is 0.0975. The van der Waals surface area contributed by atoms with Crippen LogP contribution in [0, 0.1) is 0 Å². The zero-order valence-electron chi connectivity index (χ0n) is 10.6.